The Labute approximate surface area is 89.4 Å². The molecule has 1 aromatic rings. The van der Waals surface area contributed by atoms with Crippen molar-refractivity contribution >= 4 is 0 Å². The summed E-state index contributed by atoms with van der Waals surface area (Å²) in [5.74, 6) is 0.415. The number of nitrogens with one attached hydrogen (secondary N) is 1. The number of rotatable bonds is 3. The molecule has 2 nitrogen and oxygen atoms in total. The molecule has 1 atom stereocenters. The van der Waals surface area contributed by atoms with Crippen molar-refractivity contribution in [2.45, 2.75) is 25.8 Å². The van der Waals surface area contributed by atoms with Crippen LogP contribution in [0.3, 0.4) is 0 Å². The Morgan fingerprint density at radius 1 is 1.53 bits per heavy atom. The number of ether oxygens (including phenoxy) is 1. The Morgan fingerprint density at radius 2 is 2.40 bits per heavy atom. The number of benzene rings is 1. The summed E-state index contributed by atoms with van der Waals surface area (Å²) in [6.07, 6.45) is 2.35. The van der Waals surface area contributed by atoms with Crippen LogP contribution in [0, 0.1) is 12.7 Å². The van der Waals surface area contributed by atoms with Gasteiger partial charge in [0.2, 0.25) is 0 Å². The zero-order valence-corrected chi connectivity index (χ0v) is 8.92. The third-order valence-corrected chi connectivity index (χ3v) is 2.75. The van der Waals surface area contributed by atoms with E-state index in [4.69, 9.17) is 4.74 Å². The molecule has 1 saturated heterocycles. The maximum Gasteiger partial charge on any atom is 0.126 e. The lowest BCUT2D eigenvalue weighted by Crippen LogP contribution is -2.28. The molecule has 0 saturated carbocycles. The van der Waals surface area contributed by atoms with Crippen molar-refractivity contribution in [1.82, 2.24) is 5.32 Å². The topological polar surface area (TPSA) is 21.3 Å². The van der Waals surface area contributed by atoms with Crippen molar-refractivity contribution in [3.05, 3.63) is 29.6 Å². The van der Waals surface area contributed by atoms with Crippen molar-refractivity contribution in [3.8, 4) is 5.75 Å². The maximum absolute atomic E-state index is 13.0. The van der Waals surface area contributed by atoms with Crippen LogP contribution in [0.15, 0.2) is 18.2 Å². The number of halogens is 1. The van der Waals surface area contributed by atoms with Gasteiger partial charge in [0.1, 0.15) is 18.2 Å². The van der Waals surface area contributed by atoms with E-state index in [1.807, 2.05) is 6.92 Å². The van der Waals surface area contributed by atoms with Crippen molar-refractivity contribution in [2.75, 3.05) is 13.2 Å². The molecule has 1 aliphatic heterocycles. The summed E-state index contributed by atoms with van der Waals surface area (Å²) in [7, 11) is 0. The predicted molar refractivity (Wildman–Crippen MR) is 57.7 cm³/mol. The van der Waals surface area contributed by atoms with Crippen LogP contribution in [0.2, 0.25) is 0 Å². The zero-order chi connectivity index (χ0) is 10.7. The molecule has 0 aliphatic carbocycles. The lowest BCUT2D eigenvalue weighted by Gasteiger charge is -2.13. The molecule has 0 bridgehead atoms. The smallest absolute Gasteiger partial charge is 0.126 e. The van der Waals surface area contributed by atoms with E-state index >= 15 is 0 Å². The van der Waals surface area contributed by atoms with Gasteiger partial charge in [-0.25, -0.2) is 4.39 Å². The van der Waals surface area contributed by atoms with Gasteiger partial charge >= 0.3 is 0 Å². The van der Waals surface area contributed by atoms with Gasteiger partial charge in [0.25, 0.3) is 0 Å². The van der Waals surface area contributed by atoms with Gasteiger partial charge in [0.15, 0.2) is 0 Å². The highest BCUT2D eigenvalue weighted by Gasteiger charge is 2.14. The Hall–Kier alpha value is -1.09. The van der Waals surface area contributed by atoms with E-state index in [9.17, 15) is 4.39 Å². The van der Waals surface area contributed by atoms with Gasteiger partial charge in [-0.05, 0) is 37.9 Å². The first kappa shape index (κ1) is 10.4. The van der Waals surface area contributed by atoms with Gasteiger partial charge < -0.3 is 10.1 Å². The summed E-state index contributed by atoms with van der Waals surface area (Å²) < 4.78 is 18.6. The first-order chi connectivity index (χ1) is 7.25. The van der Waals surface area contributed by atoms with Gasteiger partial charge in [-0.1, -0.05) is 6.07 Å². The van der Waals surface area contributed by atoms with Crippen molar-refractivity contribution in [2.24, 2.45) is 0 Å². The molecule has 0 aromatic heterocycles. The highest BCUT2D eigenvalue weighted by Crippen LogP contribution is 2.19. The molecular formula is C12H16FNO. The van der Waals surface area contributed by atoms with E-state index in [-0.39, 0.29) is 5.82 Å². The molecular weight excluding hydrogens is 193 g/mol. The van der Waals surface area contributed by atoms with Crippen LogP contribution >= 0.6 is 0 Å². The fraction of sp³-hybridized carbons (Fsp3) is 0.500. The van der Waals surface area contributed by atoms with Crippen LogP contribution in [0.5, 0.6) is 5.75 Å². The van der Waals surface area contributed by atoms with E-state index < -0.39 is 0 Å². The quantitative estimate of drug-likeness (QED) is 0.824. The van der Waals surface area contributed by atoms with Crippen LogP contribution in [-0.4, -0.2) is 19.2 Å². The van der Waals surface area contributed by atoms with E-state index in [2.05, 4.69) is 5.32 Å². The minimum absolute atomic E-state index is 0.241. The van der Waals surface area contributed by atoms with Gasteiger partial charge in [-0.15, -0.1) is 0 Å². The summed E-state index contributed by atoms with van der Waals surface area (Å²) in [6.45, 7) is 3.62. The van der Waals surface area contributed by atoms with Gasteiger partial charge in [-0.2, -0.15) is 0 Å². The molecule has 1 aliphatic rings. The average molecular weight is 209 g/mol. The van der Waals surface area contributed by atoms with Crippen molar-refractivity contribution in [1.29, 1.82) is 0 Å². The summed E-state index contributed by atoms with van der Waals surface area (Å²) in [5, 5.41) is 3.34. The van der Waals surface area contributed by atoms with E-state index in [1.165, 1.54) is 18.6 Å². The summed E-state index contributed by atoms with van der Waals surface area (Å²) in [5.41, 5.74) is 0.981. The molecule has 1 aromatic carbocycles. The first-order valence-corrected chi connectivity index (χ1v) is 5.38. The number of aryl methyl sites for hydroxylation is 1. The largest absolute Gasteiger partial charge is 0.492 e. The van der Waals surface area contributed by atoms with E-state index in [0.717, 1.165) is 18.5 Å². The second-order valence-electron chi connectivity index (χ2n) is 4.01. The van der Waals surface area contributed by atoms with Crippen molar-refractivity contribution < 1.29 is 9.13 Å². The summed E-state index contributed by atoms with van der Waals surface area (Å²) in [6, 6.07) is 5.07. The first-order valence-electron chi connectivity index (χ1n) is 5.38. The molecule has 1 heterocycles. The molecule has 0 amide bonds. The Balaban J connectivity index is 1.94. The van der Waals surface area contributed by atoms with Crippen LogP contribution < -0.4 is 10.1 Å². The highest BCUT2D eigenvalue weighted by molar-refractivity contribution is 5.32. The van der Waals surface area contributed by atoms with Crippen LogP contribution in [0.25, 0.3) is 0 Å². The second kappa shape index (κ2) is 4.62. The fourth-order valence-electron chi connectivity index (χ4n) is 1.82. The molecule has 0 unspecified atom stereocenters. The Bertz CT molecular complexity index is 334. The third kappa shape index (κ3) is 2.69. The van der Waals surface area contributed by atoms with Gasteiger partial charge in [0.05, 0.1) is 0 Å². The molecule has 0 radical (unpaired) electrons. The normalized spacial score (nSPS) is 20.5. The SMILES string of the molecule is Cc1ccc(F)cc1OC[C@H]1CCCN1. The average Bonchev–Trinajstić information content (AvgIpc) is 2.72. The standard InChI is InChI=1S/C12H16FNO/c1-9-4-5-10(13)7-12(9)15-8-11-3-2-6-14-11/h4-5,7,11,14H,2-3,6,8H2,1H3/t11-/m1/s1. The van der Waals surface area contributed by atoms with E-state index in [1.54, 1.807) is 6.07 Å². The minimum atomic E-state index is -0.241. The summed E-state index contributed by atoms with van der Waals surface area (Å²) >= 11 is 0. The Kier molecular flexibility index (Phi) is 3.21. The fourth-order valence-corrected chi connectivity index (χ4v) is 1.82. The number of hydrogen-bond acceptors (Lipinski definition) is 2. The Morgan fingerprint density at radius 3 is 3.13 bits per heavy atom. The van der Waals surface area contributed by atoms with Crippen LogP contribution in [0.4, 0.5) is 4.39 Å². The predicted octanol–water partition coefficient (Wildman–Crippen LogP) is 2.26. The third-order valence-electron chi connectivity index (χ3n) is 2.75. The summed E-state index contributed by atoms with van der Waals surface area (Å²) in [4.78, 5) is 0. The zero-order valence-electron chi connectivity index (χ0n) is 8.92. The second-order valence-corrected chi connectivity index (χ2v) is 4.01. The monoisotopic (exact) mass is 209 g/mol. The molecule has 1 N–H and O–H groups in total. The van der Waals surface area contributed by atoms with Crippen LogP contribution in [-0.2, 0) is 0 Å². The maximum atomic E-state index is 13.0. The molecule has 15 heavy (non-hydrogen) atoms. The molecule has 3 heteroatoms. The van der Waals surface area contributed by atoms with Crippen molar-refractivity contribution in [3.63, 3.8) is 0 Å². The van der Waals surface area contributed by atoms with Crippen LogP contribution in [0.1, 0.15) is 18.4 Å². The molecule has 2 rings (SSSR count). The minimum Gasteiger partial charge on any atom is -0.492 e. The molecule has 82 valence electrons. The number of hydrogen-bond donors (Lipinski definition) is 1. The lowest BCUT2D eigenvalue weighted by atomic mass is 10.2. The van der Waals surface area contributed by atoms with Gasteiger partial charge in [0, 0.05) is 12.1 Å². The van der Waals surface area contributed by atoms with E-state index in [0.29, 0.717) is 18.4 Å². The molecule has 0 spiro atoms. The van der Waals surface area contributed by atoms with Gasteiger partial charge in [-0.3, -0.25) is 0 Å². The lowest BCUT2D eigenvalue weighted by molar-refractivity contribution is 0.274. The highest BCUT2D eigenvalue weighted by atomic mass is 19.1. The molecule has 1 fully saturated rings.